The SMILES string of the molecule is CCCCCCCCCCC[C@H]1CC(=O)/C(=C(\O)CCC)C(=O)O1. The van der Waals surface area contributed by atoms with Crippen LogP contribution in [-0.2, 0) is 14.3 Å². The summed E-state index contributed by atoms with van der Waals surface area (Å²) in [4.78, 5) is 24.0. The molecule has 138 valence electrons. The van der Waals surface area contributed by atoms with Gasteiger partial charge in [-0.1, -0.05) is 65.2 Å². The summed E-state index contributed by atoms with van der Waals surface area (Å²) in [6.07, 6.45) is 12.9. The summed E-state index contributed by atoms with van der Waals surface area (Å²) in [6.45, 7) is 4.12. The first kappa shape index (κ1) is 20.7. The van der Waals surface area contributed by atoms with Crippen molar-refractivity contribution < 1.29 is 19.4 Å². The molecule has 1 saturated heterocycles. The molecule has 1 aliphatic rings. The van der Waals surface area contributed by atoms with Gasteiger partial charge in [-0.2, -0.15) is 0 Å². The van der Waals surface area contributed by atoms with Crippen LogP contribution in [-0.4, -0.2) is 23.0 Å². The van der Waals surface area contributed by atoms with Crippen molar-refractivity contribution in [3.63, 3.8) is 0 Å². The predicted octanol–water partition coefficient (Wildman–Crippen LogP) is 5.40. The standard InChI is InChI=1S/C20H34O4/c1-3-5-6-7-8-9-10-11-12-14-16-15-18(22)19(20(23)24-16)17(21)13-4-2/h16,21H,3-15H2,1-2H3/b19-17+/t16-/m0/s1. The Hall–Kier alpha value is -1.32. The monoisotopic (exact) mass is 338 g/mol. The van der Waals surface area contributed by atoms with Crippen molar-refractivity contribution in [1.29, 1.82) is 0 Å². The third kappa shape index (κ3) is 7.50. The number of ketones is 1. The van der Waals surface area contributed by atoms with E-state index >= 15 is 0 Å². The van der Waals surface area contributed by atoms with Crippen molar-refractivity contribution in [3.8, 4) is 0 Å². The molecule has 0 aromatic heterocycles. The number of rotatable bonds is 12. The van der Waals surface area contributed by atoms with E-state index in [1.165, 1.54) is 44.9 Å². The molecule has 0 amide bonds. The fourth-order valence-electron chi connectivity index (χ4n) is 3.16. The third-order valence-electron chi connectivity index (χ3n) is 4.57. The second kappa shape index (κ2) is 12.1. The Morgan fingerprint density at radius 3 is 2.08 bits per heavy atom. The first-order chi connectivity index (χ1) is 11.6. The van der Waals surface area contributed by atoms with Crippen molar-refractivity contribution >= 4 is 11.8 Å². The Kier molecular flexibility index (Phi) is 10.4. The highest BCUT2D eigenvalue weighted by Crippen LogP contribution is 2.24. The normalized spacial score (nSPS) is 20.2. The number of aliphatic hydroxyl groups excluding tert-OH is 1. The lowest BCUT2D eigenvalue weighted by Crippen LogP contribution is -2.33. The lowest BCUT2D eigenvalue weighted by molar-refractivity contribution is -0.151. The molecule has 4 heteroatoms. The van der Waals surface area contributed by atoms with Gasteiger partial charge in [-0.15, -0.1) is 0 Å². The van der Waals surface area contributed by atoms with Gasteiger partial charge in [0.15, 0.2) is 5.78 Å². The van der Waals surface area contributed by atoms with Gasteiger partial charge in [-0.05, 0) is 19.3 Å². The highest BCUT2D eigenvalue weighted by Gasteiger charge is 2.34. The van der Waals surface area contributed by atoms with Gasteiger partial charge >= 0.3 is 5.97 Å². The van der Waals surface area contributed by atoms with E-state index in [9.17, 15) is 14.7 Å². The fraction of sp³-hybridized carbons (Fsp3) is 0.800. The van der Waals surface area contributed by atoms with Crippen LogP contribution < -0.4 is 0 Å². The largest absolute Gasteiger partial charge is 0.511 e. The Bertz CT molecular complexity index is 405. The highest BCUT2D eigenvalue weighted by molar-refractivity contribution is 6.19. The average Bonchev–Trinajstić information content (AvgIpc) is 2.53. The van der Waals surface area contributed by atoms with Crippen LogP contribution in [0.25, 0.3) is 0 Å². The zero-order valence-electron chi connectivity index (χ0n) is 15.4. The van der Waals surface area contributed by atoms with E-state index in [0.29, 0.717) is 12.8 Å². The van der Waals surface area contributed by atoms with Gasteiger partial charge in [0.05, 0.1) is 0 Å². The van der Waals surface area contributed by atoms with E-state index in [1.807, 2.05) is 6.92 Å². The molecule has 1 rings (SSSR count). The van der Waals surface area contributed by atoms with E-state index in [1.54, 1.807) is 0 Å². The molecule has 0 unspecified atom stereocenters. The molecule has 0 saturated carbocycles. The molecule has 24 heavy (non-hydrogen) atoms. The quantitative estimate of drug-likeness (QED) is 0.170. The number of aliphatic hydroxyl groups is 1. The van der Waals surface area contributed by atoms with Crippen LogP contribution in [0.15, 0.2) is 11.3 Å². The Labute approximate surface area is 146 Å². The smallest absolute Gasteiger partial charge is 0.345 e. The van der Waals surface area contributed by atoms with Gasteiger partial charge in [0.25, 0.3) is 0 Å². The van der Waals surface area contributed by atoms with E-state index in [0.717, 1.165) is 19.3 Å². The lowest BCUT2D eigenvalue weighted by atomic mass is 9.96. The number of carbonyl (C=O) groups excluding carboxylic acids is 2. The minimum Gasteiger partial charge on any atom is -0.511 e. The zero-order valence-corrected chi connectivity index (χ0v) is 15.4. The first-order valence-electron chi connectivity index (χ1n) is 9.76. The Balaban J connectivity index is 2.19. The summed E-state index contributed by atoms with van der Waals surface area (Å²) >= 11 is 0. The Morgan fingerprint density at radius 1 is 0.958 bits per heavy atom. The van der Waals surface area contributed by atoms with Crippen molar-refractivity contribution in [2.45, 2.75) is 103 Å². The van der Waals surface area contributed by atoms with Gasteiger partial charge in [-0.25, -0.2) is 4.79 Å². The molecule has 0 aromatic carbocycles. The number of esters is 1. The van der Waals surface area contributed by atoms with Crippen LogP contribution in [0, 0.1) is 0 Å². The summed E-state index contributed by atoms with van der Waals surface area (Å²) in [5.74, 6) is -1.02. The molecule has 1 aliphatic heterocycles. The maximum absolute atomic E-state index is 12.1. The van der Waals surface area contributed by atoms with Crippen molar-refractivity contribution in [2.24, 2.45) is 0 Å². The molecule has 1 fully saturated rings. The fourth-order valence-corrected chi connectivity index (χ4v) is 3.16. The van der Waals surface area contributed by atoms with Crippen LogP contribution >= 0.6 is 0 Å². The first-order valence-corrected chi connectivity index (χ1v) is 9.76. The maximum atomic E-state index is 12.1. The molecular formula is C20H34O4. The highest BCUT2D eigenvalue weighted by atomic mass is 16.5. The number of Topliss-reactive ketones (excluding diaryl/α,β-unsaturated/α-hetero) is 1. The van der Waals surface area contributed by atoms with Gasteiger partial charge in [0.1, 0.15) is 17.4 Å². The van der Waals surface area contributed by atoms with Gasteiger partial charge < -0.3 is 9.84 Å². The van der Waals surface area contributed by atoms with Gasteiger partial charge in [0.2, 0.25) is 0 Å². The molecule has 1 atom stereocenters. The molecule has 1 heterocycles. The minimum absolute atomic E-state index is 0.117. The predicted molar refractivity (Wildman–Crippen MR) is 95.9 cm³/mol. The molecule has 0 spiro atoms. The summed E-state index contributed by atoms with van der Waals surface area (Å²) < 4.78 is 5.33. The number of carbonyl (C=O) groups is 2. The second-order valence-electron chi connectivity index (χ2n) is 6.84. The molecule has 4 nitrogen and oxygen atoms in total. The summed E-state index contributed by atoms with van der Waals surface area (Å²) in [7, 11) is 0. The maximum Gasteiger partial charge on any atom is 0.345 e. The lowest BCUT2D eigenvalue weighted by Gasteiger charge is -2.23. The van der Waals surface area contributed by atoms with Gasteiger partial charge in [0, 0.05) is 12.8 Å². The summed E-state index contributed by atoms with van der Waals surface area (Å²) in [6, 6.07) is 0. The average molecular weight is 338 g/mol. The molecule has 0 aromatic rings. The third-order valence-corrected chi connectivity index (χ3v) is 4.57. The molecule has 1 N–H and O–H groups in total. The summed E-state index contributed by atoms with van der Waals surface area (Å²) in [5.41, 5.74) is -0.125. The number of ether oxygens (including phenoxy) is 1. The summed E-state index contributed by atoms with van der Waals surface area (Å²) in [5, 5.41) is 9.81. The molecule has 0 aliphatic carbocycles. The van der Waals surface area contributed by atoms with E-state index in [-0.39, 0.29) is 29.6 Å². The van der Waals surface area contributed by atoms with E-state index in [2.05, 4.69) is 6.92 Å². The number of allylic oxidation sites excluding steroid dienone is 1. The van der Waals surface area contributed by atoms with Crippen LogP contribution in [0.5, 0.6) is 0 Å². The molecule has 0 radical (unpaired) electrons. The minimum atomic E-state index is -0.641. The topological polar surface area (TPSA) is 63.6 Å². The number of unbranched alkanes of at least 4 members (excludes halogenated alkanes) is 8. The van der Waals surface area contributed by atoms with Crippen LogP contribution in [0.1, 0.15) is 97.3 Å². The molecule has 0 bridgehead atoms. The zero-order chi connectivity index (χ0) is 17.8. The molecular weight excluding hydrogens is 304 g/mol. The Morgan fingerprint density at radius 2 is 1.54 bits per heavy atom. The van der Waals surface area contributed by atoms with Crippen LogP contribution in [0.2, 0.25) is 0 Å². The van der Waals surface area contributed by atoms with E-state index < -0.39 is 5.97 Å². The van der Waals surface area contributed by atoms with E-state index in [4.69, 9.17) is 4.74 Å². The second-order valence-corrected chi connectivity index (χ2v) is 6.84. The number of hydrogen-bond donors (Lipinski definition) is 1. The van der Waals surface area contributed by atoms with Crippen molar-refractivity contribution in [1.82, 2.24) is 0 Å². The van der Waals surface area contributed by atoms with Gasteiger partial charge in [-0.3, -0.25) is 4.79 Å². The number of cyclic esters (lactones) is 1. The van der Waals surface area contributed by atoms with Crippen molar-refractivity contribution in [2.75, 3.05) is 0 Å². The van der Waals surface area contributed by atoms with Crippen LogP contribution in [0.4, 0.5) is 0 Å². The van der Waals surface area contributed by atoms with Crippen molar-refractivity contribution in [3.05, 3.63) is 11.3 Å². The van der Waals surface area contributed by atoms with Crippen LogP contribution in [0.3, 0.4) is 0 Å². The number of hydrogen-bond acceptors (Lipinski definition) is 4.